The summed E-state index contributed by atoms with van der Waals surface area (Å²) in [5.41, 5.74) is -0.979. The third-order valence-corrected chi connectivity index (χ3v) is 1.98. The molecule has 1 rings (SSSR count). The molecule has 86 valence electrons. The average Bonchev–Trinajstić information content (AvgIpc) is 2.27. The van der Waals surface area contributed by atoms with Crippen molar-refractivity contribution in [3.63, 3.8) is 0 Å². The van der Waals surface area contributed by atoms with Gasteiger partial charge in [0.15, 0.2) is 17.8 Å². The lowest BCUT2D eigenvalue weighted by Gasteiger charge is -2.10. The Morgan fingerprint density at radius 1 is 1.44 bits per heavy atom. The molecule has 0 unspecified atom stereocenters. The van der Waals surface area contributed by atoms with E-state index >= 15 is 0 Å². The van der Waals surface area contributed by atoms with E-state index in [-0.39, 0.29) is 17.8 Å². The van der Waals surface area contributed by atoms with Crippen LogP contribution in [0.5, 0.6) is 17.2 Å². The quantitative estimate of drug-likeness (QED) is 0.470. The first-order valence-corrected chi connectivity index (χ1v) is 4.14. The van der Waals surface area contributed by atoms with Gasteiger partial charge in [0.05, 0.1) is 25.2 Å². The fraction of sp³-hybridized carbons (Fsp3) is 0.222. The molecule has 0 aliphatic carbocycles. The highest BCUT2D eigenvalue weighted by molar-refractivity contribution is 5.88. The normalized spacial score (nSPS) is 9.62. The van der Waals surface area contributed by atoms with Crippen molar-refractivity contribution in [2.24, 2.45) is 0 Å². The minimum absolute atomic E-state index is 0.0164. The molecule has 0 radical (unpaired) electrons. The van der Waals surface area contributed by atoms with Gasteiger partial charge < -0.3 is 14.6 Å². The topological polar surface area (TPSA) is 98.9 Å². The first kappa shape index (κ1) is 11.8. The molecular weight excluding hydrogens is 218 g/mol. The van der Waals surface area contributed by atoms with E-state index in [2.05, 4.69) is 0 Å². The summed E-state index contributed by atoms with van der Waals surface area (Å²) in [4.78, 5) is 20.5. The molecule has 0 spiro atoms. The van der Waals surface area contributed by atoms with E-state index in [1.165, 1.54) is 14.2 Å². The largest absolute Gasteiger partial charge is 0.503 e. The van der Waals surface area contributed by atoms with Crippen LogP contribution in [0.1, 0.15) is 10.4 Å². The Labute approximate surface area is 90.4 Å². The average molecular weight is 227 g/mol. The molecule has 0 amide bonds. The van der Waals surface area contributed by atoms with Gasteiger partial charge in [0.2, 0.25) is 5.75 Å². The van der Waals surface area contributed by atoms with Gasteiger partial charge in [-0.25, -0.2) is 0 Å². The zero-order valence-corrected chi connectivity index (χ0v) is 8.59. The van der Waals surface area contributed by atoms with E-state index in [9.17, 15) is 20.0 Å². The fourth-order valence-corrected chi connectivity index (χ4v) is 1.24. The van der Waals surface area contributed by atoms with Crippen LogP contribution in [0.2, 0.25) is 0 Å². The molecule has 0 fully saturated rings. The van der Waals surface area contributed by atoms with Crippen molar-refractivity contribution in [1.82, 2.24) is 0 Å². The highest BCUT2D eigenvalue weighted by Crippen LogP contribution is 2.43. The number of phenolic OH excluding ortho intramolecular Hbond substituents is 1. The van der Waals surface area contributed by atoms with Crippen LogP contribution >= 0.6 is 0 Å². The van der Waals surface area contributed by atoms with Gasteiger partial charge in [-0.2, -0.15) is 0 Å². The first-order chi connectivity index (χ1) is 7.56. The van der Waals surface area contributed by atoms with Crippen LogP contribution in [0.15, 0.2) is 6.07 Å². The second-order valence-electron chi connectivity index (χ2n) is 2.77. The molecule has 0 aliphatic heterocycles. The molecule has 7 heteroatoms. The summed E-state index contributed by atoms with van der Waals surface area (Å²) < 4.78 is 9.59. The number of aromatic hydroxyl groups is 1. The monoisotopic (exact) mass is 227 g/mol. The SMILES string of the molecule is COc1cc([N+](=O)[O-])c(C=O)c(O)c1OC. The van der Waals surface area contributed by atoms with E-state index in [1.807, 2.05) is 0 Å². The van der Waals surface area contributed by atoms with E-state index in [4.69, 9.17) is 9.47 Å². The Balaban J connectivity index is 3.60. The predicted octanol–water partition coefficient (Wildman–Crippen LogP) is 1.13. The number of rotatable bonds is 4. The van der Waals surface area contributed by atoms with E-state index in [0.29, 0.717) is 0 Å². The molecule has 7 nitrogen and oxygen atoms in total. The highest BCUT2D eigenvalue weighted by Gasteiger charge is 2.25. The number of benzene rings is 1. The van der Waals surface area contributed by atoms with Crippen LogP contribution < -0.4 is 9.47 Å². The number of ether oxygens (including phenoxy) is 2. The van der Waals surface area contributed by atoms with Crippen LogP contribution in [-0.4, -0.2) is 30.5 Å². The molecule has 0 aromatic heterocycles. The second-order valence-corrected chi connectivity index (χ2v) is 2.77. The zero-order chi connectivity index (χ0) is 12.3. The van der Waals surface area contributed by atoms with Crippen molar-refractivity contribution in [1.29, 1.82) is 0 Å². The lowest BCUT2D eigenvalue weighted by molar-refractivity contribution is -0.385. The van der Waals surface area contributed by atoms with E-state index in [1.54, 1.807) is 0 Å². The second kappa shape index (κ2) is 4.47. The number of carbonyl (C=O) groups excluding carboxylic acids is 1. The van der Waals surface area contributed by atoms with Gasteiger partial charge in [-0.1, -0.05) is 0 Å². The maximum Gasteiger partial charge on any atom is 0.287 e. The molecule has 0 saturated heterocycles. The summed E-state index contributed by atoms with van der Waals surface area (Å²) in [6.07, 6.45) is 0.190. The summed E-state index contributed by atoms with van der Waals surface area (Å²) in [6, 6.07) is 1.02. The number of carbonyl (C=O) groups is 1. The summed E-state index contributed by atoms with van der Waals surface area (Å²) in [7, 11) is 2.51. The molecule has 0 bridgehead atoms. The minimum Gasteiger partial charge on any atom is -0.503 e. The van der Waals surface area contributed by atoms with E-state index < -0.39 is 21.9 Å². The lowest BCUT2D eigenvalue weighted by Crippen LogP contribution is -1.99. The van der Waals surface area contributed by atoms with Crippen molar-refractivity contribution >= 4 is 12.0 Å². The maximum absolute atomic E-state index is 10.7. The Bertz CT molecular complexity index is 442. The molecule has 1 N–H and O–H groups in total. The van der Waals surface area contributed by atoms with E-state index in [0.717, 1.165) is 6.07 Å². The Morgan fingerprint density at radius 2 is 2.06 bits per heavy atom. The smallest absolute Gasteiger partial charge is 0.287 e. The van der Waals surface area contributed by atoms with Gasteiger partial charge >= 0.3 is 0 Å². The molecule has 0 saturated carbocycles. The fourth-order valence-electron chi connectivity index (χ4n) is 1.24. The number of phenols is 1. The summed E-state index contributed by atoms with van der Waals surface area (Å²) in [6.45, 7) is 0. The van der Waals surface area contributed by atoms with Crippen molar-refractivity contribution in [3.8, 4) is 17.2 Å². The van der Waals surface area contributed by atoms with Gasteiger partial charge in [0, 0.05) is 0 Å². The van der Waals surface area contributed by atoms with Crippen molar-refractivity contribution < 1.29 is 24.3 Å². The van der Waals surface area contributed by atoms with Crippen LogP contribution in [-0.2, 0) is 0 Å². The zero-order valence-electron chi connectivity index (χ0n) is 8.59. The lowest BCUT2D eigenvalue weighted by atomic mass is 10.1. The van der Waals surface area contributed by atoms with Gasteiger partial charge in [0.1, 0.15) is 5.56 Å². The molecular formula is C9H9NO6. The third kappa shape index (κ3) is 1.74. The Hall–Kier alpha value is -2.31. The molecule has 0 heterocycles. The predicted molar refractivity (Wildman–Crippen MR) is 53.3 cm³/mol. The standard InChI is InChI=1S/C9H9NO6/c1-15-7-3-6(10(13)14)5(4-11)8(12)9(7)16-2/h3-4,12H,1-2H3. The summed E-state index contributed by atoms with van der Waals surface area (Å²) >= 11 is 0. The molecule has 16 heavy (non-hydrogen) atoms. The van der Waals surface area contributed by atoms with Crippen LogP contribution in [0.3, 0.4) is 0 Å². The van der Waals surface area contributed by atoms with Crippen LogP contribution in [0.4, 0.5) is 5.69 Å². The highest BCUT2D eigenvalue weighted by atomic mass is 16.6. The molecule has 1 aromatic carbocycles. The number of nitro benzene ring substituents is 1. The van der Waals surface area contributed by atoms with Crippen molar-refractivity contribution in [2.45, 2.75) is 0 Å². The summed E-state index contributed by atoms with van der Waals surface area (Å²) in [5, 5.41) is 20.2. The number of hydrogen-bond donors (Lipinski definition) is 1. The number of hydrogen-bond acceptors (Lipinski definition) is 6. The number of nitro groups is 1. The Kier molecular flexibility index (Phi) is 3.29. The van der Waals surface area contributed by atoms with Crippen LogP contribution in [0.25, 0.3) is 0 Å². The minimum atomic E-state index is -0.786. The first-order valence-electron chi connectivity index (χ1n) is 4.14. The third-order valence-electron chi connectivity index (χ3n) is 1.98. The van der Waals surface area contributed by atoms with Gasteiger partial charge in [-0.05, 0) is 0 Å². The maximum atomic E-state index is 10.7. The molecule has 1 aromatic rings. The van der Waals surface area contributed by atoms with Gasteiger partial charge in [0.25, 0.3) is 5.69 Å². The van der Waals surface area contributed by atoms with Gasteiger partial charge in [-0.3, -0.25) is 14.9 Å². The van der Waals surface area contributed by atoms with Crippen LogP contribution in [0, 0.1) is 10.1 Å². The Morgan fingerprint density at radius 3 is 2.44 bits per heavy atom. The summed E-state index contributed by atoms with van der Waals surface area (Å²) in [5.74, 6) is -0.740. The number of aldehydes is 1. The number of methoxy groups -OCH3 is 2. The molecule has 0 atom stereocenters. The van der Waals surface area contributed by atoms with Gasteiger partial charge in [-0.15, -0.1) is 0 Å². The number of nitrogens with zero attached hydrogens (tertiary/aromatic N) is 1. The van der Waals surface area contributed by atoms with Crippen molar-refractivity contribution in [2.75, 3.05) is 14.2 Å². The van der Waals surface area contributed by atoms with Crippen molar-refractivity contribution in [3.05, 3.63) is 21.7 Å². The molecule has 0 aliphatic rings.